The Morgan fingerprint density at radius 3 is 2.83 bits per heavy atom. The Hall–Kier alpha value is -2.67. The van der Waals surface area contributed by atoms with E-state index in [0.29, 0.717) is 17.4 Å². The molecular weight excluding hydrogens is 446 g/mol. The SMILES string of the molecule is O=C(CCn1cnc2ccc(Br)cc2c1=O)NCc1ccccc1OC1CCCC1. The molecule has 1 amide bonds. The van der Waals surface area contributed by atoms with Crippen LogP contribution in [0.25, 0.3) is 10.9 Å². The van der Waals surface area contributed by atoms with Gasteiger partial charge in [0.1, 0.15) is 5.75 Å². The highest BCUT2D eigenvalue weighted by molar-refractivity contribution is 9.10. The molecule has 3 aromatic rings. The zero-order chi connectivity index (χ0) is 20.9. The number of amides is 1. The molecule has 1 aliphatic carbocycles. The summed E-state index contributed by atoms with van der Waals surface area (Å²) < 4.78 is 8.43. The molecule has 30 heavy (non-hydrogen) atoms. The van der Waals surface area contributed by atoms with Gasteiger partial charge in [0, 0.05) is 29.5 Å². The molecule has 7 heteroatoms. The first-order valence-electron chi connectivity index (χ1n) is 10.3. The van der Waals surface area contributed by atoms with Crippen molar-refractivity contribution in [2.75, 3.05) is 0 Å². The van der Waals surface area contributed by atoms with E-state index in [9.17, 15) is 9.59 Å². The van der Waals surface area contributed by atoms with Crippen molar-refractivity contribution < 1.29 is 9.53 Å². The summed E-state index contributed by atoms with van der Waals surface area (Å²) in [6.45, 7) is 0.680. The Labute approximate surface area is 183 Å². The van der Waals surface area contributed by atoms with Crippen molar-refractivity contribution in [2.24, 2.45) is 0 Å². The largest absolute Gasteiger partial charge is 0.490 e. The van der Waals surface area contributed by atoms with Crippen LogP contribution in [-0.2, 0) is 17.9 Å². The van der Waals surface area contributed by atoms with Gasteiger partial charge in [-0.05, 0) is 49.9 Å². The molecule has 0 atom stereocenters. The van der Waals surface area contributed by atoms with Crippen molar-refractivity contribution in [3.05, 3.63) is 69.2 Å². The second-order valence-corrected chi connectivity index (χ2v) is 8.48. The maximum atomic E-state index is 12.6. The van der Waals surface area contributed by atoms with Crippen LogP contribution in [0.1, 0.15) is 37.7 Å². The van der Waals surface area contributed by atoms with Gasteiger partial charge in [0.2, 0.25) is 5.91 Å². The van der Waals surface area contributed by atoms with E-state index in [4.69, 9.17) is 4.74 Å². The van der Waals surface area contributed by atoms with Crippen molar-refractivity contribution in [3.63, 3.8) is 0 Å². The molecule has 1 aromatic heterocycles. The topological polar surface area (TPSA) is 73.2 Å². The van der Waals surface area contributed by atoms with Gasteiger partial charge >= 0.3 is 0 Å². The Bertz CT molecular complexity index is 1110. The minimum Gasteiger partial charge on any atom is -0.490 e. The Morgan fingerprint density at radius 1 is 1.20 bits per heavy atom. The average molecular weight is 470 g/mol. The number of rotatable bonds is 7. The second kappa shape index (κ2) is 9.43. The van der Waals surface area contributed by atoms with Gasteiger partial charge in [0.15, 0.2) is 0 Å². The molecular formula is C23H24BrN3O3. The van der Waals surface area contributed by atoms with E-state index in [1.54, 1.807) is 12.1 Å². The number of carbonyl (C=O) groups is 1. The van der Waals surface area contributed by atoms with E-state index in [1.807, 2.05) is 30.3 Å². The molecule has 0 spiro atoms. The molecule has 4 rings (SSSR count). The fourth-order valence-electron chi connectivity index (χ4n) is 3.75. The van der Waals surface area contributed by atoms with Gasteiger partial charge in [-0.15, -0.1) is 0 Å². The lowest BCUT2D eigenvalue weighted by Crippen LogP contribution is -2.27. The van der Waals surface area contributed by atoms with Gasteiger partial charge in [0.25, 0.3) is 5.56 Å². The van der Waals surface area contributed by atoms with Crippen LogP contribution in [0.15, 0.2) is 58.1 Å². The third-order valence-electron chi connectivity index (χ3n) is 5.41. The van der Waals surface area contributed by atoms with Crippen LogP contribution in [0, 0.1) is 0 Å². The van der Waals surface area contributed by atoms with Crippen LogP contribution >= 0.6 is 15.9 Å². The van der Waals surface area contributed by atoms with Crippen LogP contribution in [-0.4, -0.2) is 21.6 Å². The highest BCUT2D eigenvalue weighted by Crippen LogP contribution is 2.26. The number of hydrogen-bond donors (Lipinski definition) is 1. The van der Waals surface area contributed by atoms with E-state index < -0.39 is 0 Å². The fraction of sp³-hybridized carbons (Fsp3) is 0.348. The maximum absolute atomic E-state index is 12.6. The number of fused-ring (bicyclic) bond motifs is 1. The first-order chi connectivity index (χ1) is 14.6. The molecule has 0 unspecified atom stereocenters. The summed E-state index contributed by atoms with van der Waals surface area (Å²) in [7, 11) is 0. The summed E-state index contributed by atoms with van der Waals surface area (Å²) in [5.41, 5.74) is 1.46. The van der Waals surface area contributed by atoms with Crippen molar-refractivity contribution >= 4 is 32.7 Å². The normalized spacial score (nSPS) is 14.2. The van der Waals surface area contributed by atoms with Crippen LogP contribution in [0.2, 0.25) is 0 Å². The maximum Gasteiger partial charge on any atom is 0.261 e. The molecule has 1 saturated carbocycles. The molecule has 0 bridgehead atoms. The Balaban J connectivity index is 1.35. The molecule has 1 heterocycles. The molecule has 1 fully saturated rings. The standard InChI is InChI=1S/C23H24BrN3O3/c24-17-9-10-20-19(13-17)23(29)27(15-26-20)12-11-22(28)25-14-16-5-1-4-8-21(16)30-18-6-2-3-7-18/h1,4-5,8-10,13,15,18H,2-3,6-7,11-12,14H2,(H,25,28). The number of nitrogens with one attached hydrogen (secondary N) is 1. The lowest BCUT2D eigenvalue weighted by molar-refractivity contribution is -0.121. The summed E-state index contributed by atoms with van der Waals surface area (Å²) >= 11 is 3.38. The lowest BCUT2D eigenvalue weighted by Gasteiger charge is -2.17. The van der Waals surface area contributed by atoms with Crippen molar-refractivity contribution in [1.29, 1.82) is 0 Å². The Kier molecular flexibility index (Phi) is 6.47. The number of aryl methyl sites for hydroxylation is 1. The predicted octanol–water partition coefficient (Wildman–Crippen LogP) is 4.19. The zero-order valence-electron chi connectivity index (χ0n) is 16.6. The van der Waals surface area contributed by atoms with E-state index in [1.165, 1.54) is 23.7 Å². The molecule has 0 radical (unpaired) electrons. The minimum atomic E-state index is -0.149. The van der Waals surface area contributed by atoms with E-state index in [0.717, 1.165) is 28.6 Å². The molecule has 1 aliphatic rings. The number of carbonyl (C=O) groups excluding carboxylic acids is 1. The number of halogens is 1. The minimum absolute atomic E-state index is 0.119. The van der Waals surface area contributed by atoms with E-state index >= 15 is 0 Å². The zero-order valence-corrected chi connectivity index (χ0v) is 18.2. The van der Waals surface area contributed by atoms with Gasteiger partial charge < -0.3 is 10.1 Å². The molecule has 156 valence electrons. The summed E-state index contributed by atoms with van der Waals surface area (Å²) in [4.78, 5) is 29.3. The second-order valence-electron chi connectivity index (χ2n) is 7.56. The number of aromatic nitrogens is 2. The van der Waals surface area contributed by atoms with E-state index in [-0.39, 0.29) is 30.5 Å². The molecule has 2 aromatic carbocycles. The third kappa shape index (κ3) is 4.90. The van der Waals surface area contributed by atoms with Crippen LogP contribution in [0.4, 0.5) is 0 Å². The Morgan fingerprint density at radius 2 is 2.00 bits per heavy atom. The first-order valence-corrected chi connectivity index (χ1v) is 11.1. The first kappa shape index (κ1) is 20.6. The number of benzene rings is 2. The fourth-order valence-corrected chi connectivity index (χ4v) is 4.11. The molecule has 1 N–H and O–H groups in total. The summed E-state index contributed by atoms with van der Waals surface area (Å²) in [5.74, 6) is 0.720. The summed E-state index contributed by atoms with van der Waals surface area (Å²) in [6.07, 6.45) is 6.57. The molecule has 0 aliphatic heterocycles. The van der Waals surface area contributed by atoms with E-state index in [2.05, 4.69) is 26.2 Å². The highest BCUT2D eigenvalue weighted by atomic mass is 79.9. The average Bonchev–Trinajstić information content (AvgIpc) is 3.26. The third-order valence-corrected chi connectivity index (χ3v) is 5.90. The lowest BCUT2D eigenvalue weighted by atomic mass is 10.2. The quantitative estimate of drug-likeness (QED) is 0.562. The number of ether oxygens (including phenoxy) is 1. The number of para-hydroxylation sites is 1. The van der Waals surface area contributed by atoms with Gasteiger partial charge in [-0.3, -0.25) is 14.2 Å². The highest BCUT2D eigenvalue weighted by Gasteiger charge is 2.18. The van der Waals surface area contributed by atoms with Crippen molar-refractivity contribution in [2.45, 2.75) is 51.3 Å². The van der Waals surface area contributed by atoms with Crippen LogP contribution < -0.4 is 15.6 Å². The number of hydrogen-bond acceptors (Lipinski definition) is 4. The van der Waals surface area contributed by atoms with Gasteiger partial charge in [0.05, 0.1) is 23.3 Å². The monoisotopic (exact) mass is 469 g/mol. The summed E-state index contributed by atoms with van der Waals surface area (Å²) in [6, 6.07) is 13.2. The van der Waals surface area contributed by atoms with Crippen LogP contribution in [0.3, 0.4) is 0 Å². The molecule has 6 nitrogen and oxygen atoms in total. The van der Waals surface area contributed by atoms with Crippen LogP contribution in [0.5, 0.6) is 5.75 Å². The van der Waals surface area contributed by atoms with Gasteiger partial charge in [-0.1, -0.05) is 34.1 Å². The summed E-state index contributed by atoms with van der Waals surface area (Å²) in [5, 5.41) is 3.47. The smallest absolute Gasteiger partial charge is 0.261 e. The predicted molar refractivity (Wildman–Crippen MR) is 119 cm³/mol. The van der Waals surface area contributed by atoms with Crippen molar-refractivity contribution in [3.8, 4) is 5.75 Å². The van der Waals surface area contributed by atoms with Crippen molar-refractivity contribution in [1.82, 2.24) is 14.9 Å². The van der Waals surface area contributed by atoms with Gasteiger partial charge in [-0.2, -0.15) is 0 Å². The molecule has 0 saturated heterocycles. The van der Waals surface area contributed by atoms with Gasteiger partial charge in [-0.25, -0.2) is 4.98 Å². The number of nitrogens with zero attached hydrogens (tertiary/aromatic N) is 2.